The monoisotopic (exact) mass is 152 g/mol. The lowest BCUT2D eigenvalue weighted by Crippen LogP contribution is -2.11. The SMILES string of the molecule is Nc1cc(=O)[nH]c2nnnn12. The number of fused-ring (bicyclic) bond motifs is 1. The first-order valence-electron chi connectivity index (χ1n) is 2.84. The van der Waals surface area contributed by atoms with Crippen LogP contribution in [0.5, 0.6) is 0 Å². The van der Waals surface area contributed by atoms with Crippen molar-refractivity contribution < 1.29 is 0 Å². The number of rotatable bonds is 0. The summed E-state index contributed by atoms with van der Waals surface area (Å²) in [6.07, 6.45) is 0. The number of nitrogens with one attached hydrogen (secondary N) is 1. The summed E-state index contributed by atoms with van der Waals surface area (Å²) < 4.78 is 1.24. The molecule has 2 heterocycles. The molecule has 7 heteroatoms. The Hall–Kier alpha value is -1.92. The van der Waals surface area contributed by atoms with E-state index in [9.17, 15) is 4.79 Å². The molecule has 0 aromatic carbocycles. The second-order valence-corrected chi connectivity index (χ2v) is 1.97. The Kier molecular flexibility index (Phi) is 0.945. The molecule has 3 N–H and O–H groups in total. The van der Waals surface area contributed by atoms with Gasteiger partial charge in [-0.05, 0) is 10.4 Å². The van der Waals surface area contributed by atoms with Crippen LogP contribution in [0, 0.1) is 0 Å². The zero-order chi connectivity index (χ0) is 7.84. The van der Waals surface area contributed by atoms with Crippen molar-refractivity contribution in [1.82, 2.24) is 25.0 Å². The lowest BCUT2D eigenvalue weighted by molar-refractivity contribution is 0.826. The molecule has 0 atom stereocenters. The minimum atomic E-state index is -0.315. The smallest absolute Gasteiger partial charge is 0.256 e. The molecule has 56 valence electrons. The summed E-state index contributed by atoms with van der Waals surface area (Å²) in [6.45, 7) is 0. The number of aromatic nitrogens is 5. The topological polar surface area (TPSA) is 102 Å². The number of H-pyrrole nitrogens is 1. The van der Waals surface area contributed by atoms with E-state index in [1.54, 1.807) is 0 Å². The number of hydrogen-bond acceptors (Lipinski definition) is 5. The van der Waals surface area contributed by atoms with E-state index in [-0.39, 0.29) is 17.2 Å². The van der Waals surface area contributed by atoms with E-state index >= 15 is 0 Å². The van der Waals surface area contributed by atoms with Crippen LogP contribution in [0.4, 0.5) is 5.82 Å². The van der Waals surface area contributed by atoms with Crippen LogP contribution < -0.4 is 11.3 Å². The highest BCUT2D eigenvalue weighted by Gasteiger charge is 2.00. The number of nitrogen functional groups attached to an aromatic ring is 1. The summed E-state index contributed by atoms with van der Waals surface area (Å²) >= 11 is 0. The van der Waals surface area contributed by atoms with E-state index in [2.05, 4.69) is 20.5 Å². The van der Waals surface area contributed by atoms with E-state index in [0.717, 1.165) is 0 Å². The molecule has 7 nitrogen and oxygen atoms in total. The third-order valence-corrected chi connectivity index (χ3v) is 1.23. The summed E-state index contributed by atoms with van der Waals surface area (Å²) in [6, 6.07) is 1.21. The largest absolute Gasteiger partial charge is 0.383 e. The number of anilines is 1. The van der Waals surface area contributed by atoms with Crippen LogP contribution in [0.2, 0.25) is 0 Å². The summed E-state index contributed by atoms with van der Waals surface area (Å²) in [4.78, 5) is 13.2. The Morgan fingerprint density at radius 1 is 1.64 bits per heavy atom. The van der Waals surface area contributed by atoms with Crippen molar-refractivity contribution in [3.63, 3.8) is 0 Å². The van der Waals surface area contributed by atoms with Crippen molar-refractivity contribution >= 4 is 11.6 Å². The van der Waals surface area contributed by atoms with Gasteiger partial charge in [0.1, 0.15) is 5.82 Å². The number of aromatic amines is 1. The highest BCUT2D eigenvalue weighted by atomic mass is 16.1. The zero-order valence-corrected chi connectivity index (χ0v) is 5.35. The van der Waals surface area contributed by atoms with E-state index in [4.69, 9.17) is 5.73 Å². The predicted molar refractivity (Wildman–Crippen MR) is 35.8 cm³/mol. The Morgan fingerprint density at radius 2 is 2.45 bits per heavy atom. The lowest BCUT2D eigenvalue weighted by Gasteiger charge is -1.91. The first-order valence-corrected chi connectivity index (χ1v) is 2.84. The first-order chi connectivity index (χ1) is 5.27. The molecule has 0 aliphatic rings. The van der Waals surface area contributed by atoms with Gasteiger partial charge in [0.05, 0.1) is 0 Å². The molecule has 0 aliphatic carbocycles. The average molecular weight is 152 g/mol. The van der Waals surface area contributed by atoms with Gasteiger partial charge >= 0.3 is 0 Å². The highest BCUT2D eigenvalue weighted by molar-refractivity contribution is 5.36. The molecule has 2 aromatic heterocycles. The standard InChI is InChI=1S/C4H4N6O/c5-2-1-3(11)6-4-7-8-9-10(2)4/h1H,5H2,(H,6,7,9,11). The molecule has 0 spiro atoms. The second kappa shape index (κ2) is 1.78. The van der Waals surface area contributed by atoms with E-state index < -0.39 is 0 Å². The summed E-state index contributed by atoms with van der Waals surface area (Å²) in [5.74, 6) is 0.462. The van der Waals surface area contributed by atoms with Crippen molar-refractivity contribution in [1.29, 1.82) is 0 Å². The number of nitrogens with zero attached hydrogens (tertiary/aromatic N) is 4. The first kappa shape index (κ1) is 5.83. The summed E-state index contributed by atoms with van der Waals surface area (Å²) in [7, 11) is 0. The quantitative estimate of drug-likeness (QED) is 0.473. The van der Waals surface area contributed by atoms with Gasteiger partial charge in [0.2, 0.25) is 0 Å². The van der Waals surface area contributed by atoms with Crippen LogP contribution in [-0.4, -0.2) is 25.0 Å². The maximum atomic E-state index is 10.8. The summed E-state index contributed by atoms with van der Waals surface area (Å²) in [5, 5.41) is 10.3. The van der Waals surface area contributed by atoms with Crippen LogP contribution in [0.25, 0.3) is 5.78 Å². The lowest BCUT2D eigenvalue weighted by atomic mass is 10.6. The van der Waals surface area contributed by atoms with E-state index in [1.165, 1.54) is 10.6 Å². The third-order valence-electron chi connectivity index (χ3n) is 1.23. The van der Waals surface area contributed by atoms with Crippen molar-refractivity contribution in [2.45, 2.75) is 0 Å². The normalized spacial score (nSPS) is 10.5. The molecule has 0 bridgehead atoms. The Bertz CT molecular complexity index is 441. The van der Waals surface area contributed by atoms with Gasteiger partial charge in [-0.25, -0.2) is 0 Å². The molecular formula is C4H4N6O. The Balaban J connectivity index is 3.02. The number of nitrogens with two attached hydrogens (primary N) is 1. The van der Waals surface area contributed by atoms with Gasteiger partial charge in [-0.15, -0.1) is 0 Å². The maximum Gasteiger partial charge on any atom is 0.256 e. The Morgan fingerprint density at radius 3 is 3.27 bits per heavy atom. The van der Waals surface area contributed by atoms with Gasteiger partial charge in [0.25, 0.3) is 11.3 Å². The fourth-order valence-electron chi connectivity index (χ4n) is 0.781. The van der Waals surface area contributed by atoms with Gasteiger partial charge < -0.3 is 5.73 Å². The van der Waals surface area contributed by atoms with Crippen molar-refractivity contribution in [2.75, 3.05) is 5.73 Å². The molecule has 0 unspecified atom stereocenters. The molecule has 2 aromatic rings. The maximum absolute atomic E-state index is 10.8. The minimum absolute atomic E-state index is 0.216. The minimum Gasteiger partial charge on any atom is -0.383 e. The number of hydrogen-bond donors (Lipinski definition) is 2. The van der Waals surface area contributed by atoms with E-state index in [0.29, 0.717) is 0 Å². The fourth-order valence-corrected chi connectivity index (χ4v) is 0.781. The fraction of sp³-hybridized carbons (Fsp3) is 0. The molecular weight excluding hydrogens is 148 g/mol. The molecule has 0 fully saturated rings. The van der Waals surface area contributed by atoms with Gasteiger partial charge in [-0.2, -0.15) is 4.52 Å². The second-order valence-electron chi connectivity index (χ2n) is 1.97. The van der Waals surface area contributed by atoms with Crippen LogP contribution in [-0.2, 0) is 0 Å². The van der Waals surface area contributed by atoms with Crippen LogP contribution in [0.1, 0.15) is 0 Å². The molecule has 0 saturated carbocycles. The van der Waals surface area contributed by atoms with Crippen molar-refractivity contribution in [2.24, 2.45) is 0 Å². The van der Waals surface area contributed by atoms with Crippen LogP contribution in [0.15, 0.2) is 10.9 Å². The molecule has 0 aliphatic heterocycles. The molecule has 0 saturated heterocycles. The average Bonchev–Trinajstić information content (AvgIpc) is 2.34. The van der Waals surface area contributed by atoms with Gasteiger partial charge in [0.15, 0.2) is 0 Å². The molecule has 11 heavy (non-hydrogen) atoms. The molecule has 0 amide bonds. The number of tetrazole rings is 1. The molecule has 0 radical (unpaired) electrons. The van der Waals surface area contributed by atoms with Gasteiger partial charge in [-0.1, -0.05) is 5.10 Å². The predicted octanol–water partition coefficient (Wildman–Crippen LogP) is -1.61. The van der Waals surface area contributed by atoms with E-state index in [1.807, 2.05) is 0 Å². The summed E-state index contributed by atoms with van der Waals surface area (Å²) in [5.41, 5.74) is 5.09. The van der Waals surface area contributed by atoms with Gasteiger partial charge in [0, 0.05) is 6.07 Å². The van der Waals surface area contributed by atoms with Crippen molar-refractivity contribution in [3.8, 4) is 0 Å². The van der Waals surface area contributed by atoms with Gasteiger partial charge in [-0.3, -0.25) is 9.78 Å². The zero-order valence-electron chi connectivity index (χ0n) is 5.35. The van der Waals surface area contributed by atoms with Crippen LogP contribution >= 0.6 is 0 Å². The molecule has 2 rings (SSSR count). The Labute approximate surface area is 59.8 Å². The van der Waals surface area contributed by atoms with Crippen molar-refractivity contribution in [3.05, 3.63) is 16.4 Å². The third kappa shape index (κ3) is 0.741. The highest BCUT2D eigenvalue weighted by Crippen LogP contribution is 1.94. The van der Waals surface area contributed by atoms with Crippen LogP contribution in [0.3, 0.4) is 0 Å².